The highest BCUT2D eigenvalue weighted by molar-refractivity contribution is 7.89. The standard InChI is InChI=1S/C24H30N2O5S/c1-30-22-12-11-20(16-23(22)31-2)32(28,29)26-17-19-10-6-5-9-18(19)15-21(26)24(27)25-13-7-3-4-8-14-25/h5-6,9-12,16,21H,3-4,7-8,13-15,17H2,1-2H3/t21-/m1/s1. The van der Waals surface area contributed by atoms with Crippen LogP contribution in [0.3, 0.4) is 0 Å². The molecular weight excluding hydrogens is 428 g/mol. The Balaban J connectivity index is 1.73. The van der Waals surface area contributed by atoms with Crippen molar-refractivity contribution in [2.24, 2.45) is 0 Å². The molecule has 172 valence electrons. The number of hydrogen-bond donors (Lipinski definition) is 0. The third-order valence-corrected chi connectivity index (χ3v) is 8.22. The number of rotatable bonds is 5. The fraction of sp³-hybridized carbons (Fsp3) is 0.458. The lowest BCUT2D eigenvalue weighted by atomic mass is 9.95. The molecule has 2 heterocycles. The van der Waals surface area contributed by atoms with Gasteiger partial charge in [-0.2, -0.15) is 4.31 Å². The van der Waals surface area contributed by atoms with Gasteiger partial charge in [0.1, 0.15) is 6.04 Å². The minimum Gasteiger partial charge on any atom is -0.493 e. The van der Waals surface area contributed by atoms with E-state index in [-0.39, 0.29) is 17.3 Å². The van der Waals surface area contributed by atoms with Crippen molar-refractivity contribution in [3.8, 4) is 11.5 Å². The van der Waals surface area contributed by atoms with E-state index in [4.69, 9.17) is 9.47 Å². The number of nitrogens with zero attached hydrogens (tertiary/aromatic N) is 2. The van der Waals surface area contributed by atoms with Gasteiger partial charge in [0.15, 0.2) is 11.5 Å². The predicted molar refractivity (Wildman–Crippen MR) is 121 cm³/mol. The quantitative estimate of drug-likeness (QED) is 0.688. The van der Waals surface area contributed by atoms with Gasteiger partial charge in [-0.25, -0.2) is 8.42 Å². The average Bonchev–Trinajstić information content (AvgIpc) is 3.12. The zero-order valence-electron chi connectivity index (χ0n) is 18.6. The summed E-state index contributed by atoms with van der Waals surface area (Å²) in [5, 5.41) is 0. The molecule has 8 heteroatoms. The summed E-state index contributed by atoms with van der Waals surface area (Å²) in [6.45, 7) is 1.53. The molecule has 1 amide bonds. The van der Waals surface area contributed by atoms with E-state index in [9.17, 15) is 13.2 Å². The SMILES string of the molecule is COc1ccc(S(=O)(=O)N2Cc3ccccc3C[C@@H]2C(=O)N2CCCCCC2)cc1OC. The summed E-state index contributed by atoms with van der Waals surface area (Å²) < 4.78 is 39.5. The van der Waals surface area contributed by atoms with Crippen molar-refractivity contribution in [1.29, 1.82) is 0 Å². The van der Waals surface area contributed by atoms with E-state index in [1.54, 1.807) is 6.07 Å². The van der Waals surface area contributed by atoms with Gasteiger partial charge in [0.2, 0.25) is 15.9 Å². The summed E-state index contributed by atoms with van der Waals surface area (Å²) in [4.78, 5) is 15.5. The van der Waals surface area contributed by atoms with Gasteiger partial charge in [-0.1, -0.05) is 37.1 Å². The van der Waals surface area contributed by atoms with Crippen LogP contribution in [0.4, 0.5) is 0 Å². The summed E-state index contributed by atoms with van der Waals surface area (Å²) >= 11 is 0. The summed E-state index contributed by atoms with van der Waals surface area (Å²) in [5.41, 5.74) is 1.95. The van der Waals surface area contributed by atoms with Crippen LogP contribution in [0, 0.1) is 0 Å². The lowest BCUT2D eigenvalue weighted by Crippen LogP contribution is -2.53. The number of amides is 1. The fourth-order valence-corrected chi connectivity index (χ4v) is 6.15. The Morgan fingerprint density at radius 2 is 1.56 bits per heavy atom. The minimum atomic E-state index is -3.95. The van der Waals surface area contributed by atoms with Crippen LogP contribution in [-0.2, 0) is 27.8 Å². The summed E-state index contributed by atoms with van der Waals surface area (Å²) in [5.74, 6) is 0.680. The Labute approximate surface area is 190 Å². The molecular formula is C24H30N2O5S. The molecule has 7 nitrogen and oxygen atoms in total. The number of carbonyl (C=O) groups is 1. The second-order valence-electron chi connectivity index (χ2n) is 8.30. The topological polar surface area (TPSA) is 76.2 Å². The van der Waals surface area contributed by atoms with Crippen molar-refractivity contribution in [3.05, 3.63) is 53.6 Å². The molecule has 2 aliphatic heterocycles. The second-order valence-corrected chi connectivity index (χ2v) is 10.2. The molecule has 2 aromatic rings. The molecule has 0 radical (unpaired) electrons. The van der Waals surface area contributed by atoms with Gasteiger partial charge in [-0.3, -0.25) is 4.79 Å². The van der Waals surface area contributed by atoms with Crippen molar-refractivity contribution in [2.45, 2.75) is 49.6 Å². The van der Waals surface area contributed by atoms with Crippen LogP contribution in [0.5, 0.6) is 11.5 Å². The molecule has 1 atom stereocenters. The van der Waals surface area contributed by atoms with Crippen LogP contribution >= 0.6 is 0 Å². The molecule has 0 aromatic heterocycles. The monoisotopic (exact) mass is 458 g/mol. The first kappa shape index (κ1) is 22.6. The maximum Gasteiger partial charge on any atom is 0.244 e. The Kier molecular flexibility index (Phi) is 6.71. The van der Waals surface area contributed by atoms with E-state index in [1.807, 2.05) is 29.2 Å². The third kappa shape index (κ3) is 4.34. The minimum absolute atomic E-state index is 0.0863. The second kappa shape index (κ2) is 9.50. The van der Waals surface area contributed by atoms with Crippen LogP contribution in [0.25, 0.3) is 0 Å². The molecule has 0 unspecified atom stereocenters. The van der Waals surface area contributed by atoms with Crippen LogP contribution in [-0.4, -0.2) is 56.9 Å². The van der Waals surface area contributed by atoms with Crippen LogP contribution < -0.4 is 9.47 Å². The van der Waals surface area contributed by atoms with E-state index in [2.05, 4.69) is 0 Å². The van der Waals surface area contributed by atoms with Gasteiger partial charge in [0.25, 0.3) is 0 Å². The number of likely N-dealkylation sites (tertiary alicyclic amines) is 1. The highest BCUT2D eigenvalue weighted by atomic mass is 32.2. The molecule has 2 aliphatic rings. The smallest absolute Gasteiger partial charge is 0.244 e. The first-order chi connectivity index (χ1) is 15.5. The Morgan fingerprint density at radius 3 is 2.22 bits per heavy atom. The number of carbonyl (C=O) groups excluding carboxylic acids is 1. The molecule has 1 saturated heterocycles. The molecule has 32 heavy (non-hydrogen) atoms. The number of benzene rings is 2. The van der Waals surface area contributed by atoms with Crippen LogP contribution in [0.15, 0.2) is 47.4 Å². The Morgan fingerprint density at radius 1 is 0.906 bits per heavy atom. The zero-order valence-corrected chi connectivity index (χ0v) is 19.4. The van der Waals surface area contributed by atoms with Crippen molar-refractivity contribution >= 4 is 15.9 Å². The Hall–Kier alpha value is -2.58. The van der Waals surface area contributed by atoms with E-state index >= 15 is 0 Å². The van der Waals surface area contributed by atoms with Crippen molar-refractivity contribution in [2.75, 3.05) is 27.3 Å². The van der Waals surface area contributed by atoms with E-state index < -0.39 is 16.1 Å². The van der Waals surface area contributed by atoms with Gasteiger partial charge < -0.3 is 14.4 Å². The summed E-state index contributed by atoms with van der Waals surface area (Å²) in [7, 11) is -0.981. The molecule has 0 spiro atoms. The first-order valence-electron chi connectivity index (χ1n) is 11.0. The lowest BCUT2D eigenvalue weighted by molar-refractivity contribution is -0.135. The lowest BCUT2D eigenvalue weighted by Gasteiger charge is -2.37. The van der Waals surface area contributed by atoms with E-state index in [1.165, 1.54) is 30.7 Å². The van der Waals surface area contributed by atoms with Gasteiger partial charge in [-0.15, -0.1) is 0 Å². The molecule has 0 N–H and O–H groups in total. The van der Waals surface area contributed by atoms with Crippen molar-refractivity contribution < 1.29 is 22.7 Å². The summed E-state index contributed by atoms with van der Waals surface area (Å²) in [6.07, 6.45) is 4.49. The number of ether oxygens (including phenoxy) is 2. The van der Waals surface area contributed by atoms with Gasteiger partial charge >= 0.3 is 0 Å². The van der Waals surface area contributed by atoms with Crippen molar-refractivity contribution in [1.82, 2.24) is 9.21 Å². The first-order valence-corrected chi connectivity index (χ1v) is 12.5. The van der Waals surface area contributed by atoms with Gasteiger partial charge in [-0.05, 0) is 42.5 Å². The Bertz CT molecular complexity index is 1080. The average molecular weight is 459 g/mol. The van der Waals surface area contributed by atoms with E-state index in [0.29, 0.717) is 31.0 Å². The maximum atomic E-state index is 13.8. The normalized spacial score (nSPS) is 19.7. The zero-order chi connectivity index (χ0) is 22.7. The molecule has 0 saturated carbocycles. The summed E-state index contributed by atoms with van der Waals surface area (Å²) in [6, 6.07) is 11.5. The molecule has 0 bridgehead atoms. The number of sulfonamides is 1. The number of fused-ring (bicyclic) bond motifs is 1. The fourth-order valence-electron chi connectivity index (χ4n) is 4.58. The van der Waals surface area contributed by atoms with E-state index in [0.717, 1.165) is 36.8 Å². The molecule has 4 rings (SSSR count). The van der Waals surface area contributed by atoms with Crippen LogP contribution in [0.1, 0.15) is 36.8 Å². The van der Waals surface area contributed by atoms with Gasteiger partial charge in [0.05, 0.1) is 19.1 Å². The number of hydrogen-bond acceptors (Lipinski definition) is 5. The van der Waals surface area contributed by atoms with Crippen molar-refractivity contribution in [3.63, 3.8) is 0 Å². The van der Waals surface area contributed by atoms with Gasteiger partial charge in [0, 0.05) is 25.7 Å². The predicted octanol–water partition coefficient (Wildman–Crippen LogP) is 3.22. The highest BCUT2D eigenvalue weighted by Crippen LogP contribution is 2.34. The third-order valence-electron chi connectivity index (χ3n) is 6.37. The molecule has 2 aromatic carbocycles. The molecule has 1 fully saturated rings. The largest absolute Gasteiger partial charge is 0.493 e. The maximum absolute atomic E-state index is 13.8. The molecule has 0 aliphatic carbocycles. The highest BCUT2D eigenvalue weighted by Gasteiger charge is 2.41. The van der Waals surface area contributed by atoms with Crippen LogP contribution in [0.2, 0.25) is 0 Å². The number of methoxy groups -OCH3 is 2.